The molecule has 8 nitrogen and oxygen atoms in total. The molecule has 0 rings (SSSR count). The van der Waals surface area contributed by atoms with Crippen LogP contribution in [-0.2, 0) is 27.9 Å². The van der Waals surface area contributed by atoms with Gasteiger partial charge in [0.25, 0.3) is 0 Å². The molecule has 0 aromatic carbocycles. The molecule has 52 heavy (non-hydrogen) atoms. The standard InChI is InChI=1S/C43H76NO7P/c1-3-5-7-9-11-13-15-17-19-21-22-24-26-28-30-32-34-36-43(45)51-42(41-50-52(46,47)49-39-37-44)40-48-38-35-33-31-29-27-25-23-20-18-16-14-12-10-8-6-4-2/h5,7,11,13,17-20,22,24,35,38,42H,3-4,6,8-10,12,14-16,21,23,25-34,36-37,39-41,44H2,1-2H3,(H,46,47)/b7-5-,13-11-,19-17-,20-18-,24-22-,38-35-/t42-/m1/s1. The van der Waals surface area contributed by atoms with Crippen molar-refractivity contribution in [1.29, 1.82) is 0 Å². The number of ether oxygens (including phenoxy) is 2. The van der Waals surface area contributed by atoms with E-state index in [4.69, 9.17) is 24.3 Å². The number of esters is 1. The van der Waals surface area contributed by atoms with Crippen LogP contribution in [0.15, 0.2) is 73.1 Å². The van der Waals surface area contributed by atoms with Gasteiger partial charge in [-0.05, 0) is 89.5 Å². The molecule has 0 saturated heterocycles. The Balaban J connectivity index is 4.20. The van der Waals surface area contributed by atoms with Crippen molar-refractivity contribution < 1.29 is 32.8 Å². The van der Waals surface area contributed by atoms with Gasteiger partial charge in [-0.2, -0.15) is 0 Å². The summed E-state index contributed by atoms with van der Waals surface area (Å²) in [5.74, 6) is -0.381. The third kappa shape index (κ3) is 39.0. The van der Waals surface area contributed by atoms with Gasteiger partial charge in [0.2, 0.25) is 0 Å². The van der Waals surface area contributed by atoms with Crippen LogP contribution in [0, 0.1) is 0 Å². The number of hydrogen-bond donors (Lipinski definition) is 2. The van der Waals surface area contributed by atoms with E-state index >= 15 is 0 Å². The van der Waals surface area contributed by atoms with Crippen LogP contribution in [0.1, 0.15) is 162 Å². The number of allylic oxidation sites excluding steroid dienone is 11. The Kier molecular flexibility index (Phi) is 38.3. The van der Waals surface area contributed by atoms with Crippen molar-refractivity contribution in [3.8, 4) is 0 Å². The monoisotopic (exact) mass is 750 g/mol. The van der Waals surface area contributed by atoms with E-state index in [0.717, 1.165) is 77.0 Å². The Morgan fingerprint density at radius 2 is 1.10 bits per heavy atom. The molecule has 0 saturated carbocycles. The van der Waals surface area contributed by atoms with E-state index < -0.39 is 13.9 Å². The average Bonchev–Trinajstić information content (AvgIpc) is 3.13. The van der Waals surface area contributed by atoms with Crippen molar-refractivity contribution in [2.75, 3.05) is 26.4 Å². The molecule has 0 aromatic heterocycles. The maximum atomic E-state index is 12.5. The maximum absolute atomic E-state index is 12.5. The normalized spacial score (nSPS) is 14.2. The second-order valence-electron chi connectivity index (χ2n) is 13.2. The summed E-state index contributed by atoms with van der Waals surface area (Å²) in [6.45, 7) is 4.06. The highest BCUT2D eigenvalue weighted by Gasteiger charge is 2.25. The smallest absolute Gasteiger partial charge is 0.472 e. The Bertz CT molecular complexity index is 1020. The molecular formula is C43H76NO7P. The molecule has 0 fully saturated rings. The Morgan fingerprint density at radius 1 is 0.615 bits per heavy atom. The highest BCUT2D eigenvalue weighted by atomic mass is 31.2. The highest BCUT2D eigenvalue weighted by molar-refractivity contribution is 7.47. The summed E-state index contributed by atoms with van der Waals surface area (Å²) >= 11 is 0. The molecule has 0 spiro atoms. The number of carbonyl (C=O) groups excluding carboxylic acids is 1. The minimum atomic E-state index is -4.30. The van der Waals surface area contributed by atoms with Crippen LogP contribution < -0.4 is 5.73 Å². The van der Waals surface area contributed by atoms with Crippen LogP contribution in [0.4, 0.5) is 0 Å². The van der Waals surface area contributed by atoms with Crippen LogP contribution in [-0.4, -0.2) is 43.3 Å². The van der Waals surface area contributed by atoms with Gasteiger partial charge >= 0.3 is 13.8 Å². The Morgan fingerprint density at radius 3 is 1.65 bits per heavy atom. The lowest BCUT2D eigenvalue weighted by Gasteiger charge is -2.19. The van der Waals surface area contributed by atoms with E-state index in [-0.39, 0.29) is 38.8 Å². The van der Waals surface area contributed by atoms with E-state index in [2.05, 4.69) is 74.6 Å². The summed E-state index contributed by atoms with van der Waals surface area (Å²) in [6, 6.07) is 0. The molecule has 0 bridgehead atoms. The van der Waals surface area contributed by atoms with Gasteiger partial charge in [0, 0.05) is 13.0 Å². The van der Waals surface area contributed by atoms with Gasteiger partial charge in [-0.25, -0.2) is 4.57 Å². The first-order valence-corrected chi connectivity index (χ1v) is 22.0. The number of carbonyl (C=O) groups is 1. The van der Waals surface area contributed by atoms with Crippen LogP contribution in [0.5, 0.6) is 0 Å². The van der Waals surface area contributed by atoms with Gasteiger partial charge in [-0.1, -0.05) is 132 Å². The fraction of sp³-hybridized carbons (Fsp3) is 0.698. The topological polar surface area (TPSA) is 117 Å². The van der Waals surface area contributed by atoms with Gasteiger partial charge in [0.1, 0.15) is 6.61 Å². The molecule has 300 valence electrons. The quantitative estimate of drug-likeness (QED) is 0.0211. The fourth-order valence-electron chi connectivity index (χ4n) is 5.18. The summed E-state index contributed by atoms with van der Waals surface area (Å²) in [5, 5.41) is 0. The molecule has 0 aliphatic heterocycles. The van der Waals surface area contributed by atoms with Crippen molar-refractivity contribution in [3.05, 3.63) is 73.1 Å². The zero-order valence-electron chi connectivity index (χ0n) is 33.0. The number of phosphoric acid groups is 1. The van der Waals surface area contributed by atoms with Crippen molar-refractivity contribution in [2.24, 2.45) is 5.73 Å². The lowest BCUT2D eigenvalue weighted by atomic mass is 10.1. The Hall–Kier alpha value is -2.22. The molecule has 0 heterocycles. The first-order valence-electron chi connectivity index (χ1n) is 20.5. The summed E-state index contributed by atoms with van der Waals surface area (Å²) in [4.78, 5) is 22.4. The maximum Gasteiger partial charge on any atom is 0.472 e. The highest BCUT2D eigenvalue weighted by Crippen LogP contribution is 2.43. The molecule has 2 atom stereocenters. The zero-order valence-corrected chi connectivity index (χ0v) is 33.9. The predicted molar refractivity (Wildman–Crippen MR) is 219 cm³/mol. The minimum absolute atomic E-state index is 0.0130. The first kappa shape index (κ1) is 49.8. The third-order valence-electron chi connectivity index (χ3n) is 8.17. The van der Waals surface area contributed by atoms with Crippen LogP contribution in [0.2, 0.25) is 0 Å². The number of phosphoric ester groups is 1. The number of unbranched alkanes of at least 4 members (excludes halogenated alkanes) is 15. The lowest BCUT2D eigenvalue weighted by molar-refractivity contribution is -0.153. The van der Waals surface area contributed by atoms with E-state index in [1.54, 1.807) is 6.26 Å². The van der Waals surface area contributed by atoms with E-state index in [1.165, 1.54) is 64.2 Å². The lowest BCUT2D eigenvalue weighted by Crippen LogP contribution is -2.27. The SMILES string of the molecule is CC/C=C\C/C=C\C/C=C\C/C=C\CCCCCCC(=O)O[C@H](CO/C=C\CCCCCC/C=C\CCCCCCCC)COP(=O)(O)OCCN. The molecule has 0 aromatic rings. The first-order chi connectivity index (χ1) is 25.4. The van der Waals surface area contributed by atoms with Gasteiger partial charge in [-0.3, -0.25) is 13.8 Å². The second kappa shape index (κ2) is 40.0. The number of rotatable bonds is 38. The molecule has 3 N–H and O–H groups in total. The van der Waals surface area contributed by atoms with Crippen molar-refractivity contribution in [1.82, 2.24) is 0 Å². The fourth-order valence-corrected chi connectivity index (χ4v) is 5.95. The minimum Gasteiger partial charge on any atom is -0.498 e. The molecule has 0 aliphatic carbocycles. The van der Waals surface area contributed by atoms with Crippen LogP contribution in [0.25, 0.3) is 0 Å². The third-order valence-corrected chi connectivity index (χ3v) is 9.16. The van der Waals surface area contributed by atoms with Crippen LogP contribution >= 0.6 is 7.82 Å². The summed E-state index contributed by atoms with van der Waals surface area (Å²) in [7, 11) is -4.30. The van der Waals surface area contributed by atoms with Gasteiger partial charge in [-0.15, -0.1) is 0 Å². The average molecular weight is 750 g/mol. The molecule has 0 aliphatic rings. The molecule has 0 amide bonds. The largest absolute Gasteiger partial charge is 0.498 e. The van der Waals surface area contributed by atoms with Crippen molar-refractivity contribution in [3.63, 3.8) is 0 Å². The second-order valence-corrected chi connectivity index (χ2v) is 14.6. The van der Waals surface area contributed by atoms with E-state index in [1.807, 2.05) is 6.08 Å². The van der Waals surface area contributed by atoms with Crippen molar-refractivity contribution in [2.45, 2.75) is 168 Å². The van der Waals surface area contributed by atoms with Gasteiger partial charge < -0.3 is 20.1 Å². The molecule has 1 unspecified atom stereocenters. The number of hydrogen-bond acceptors (Lipinski definition) is 7. The molecule has 0 radical (unpaired) electrons. The van der Waals surface area contributed by atoms with Crippen molar-refractivity contribution >= 4 is 13.8 Å². The number of nitrogens with two attached hydrogens (primary N) is 1. The van der Waals surface area contributed by atoms with Gasteiger partial charge in [0.05, 0.1) is 19.5 Å². The summed E-state index contributed by atoms with van der Waals surface area (Å²) in [6.07, 6.45) is 50.1. The van der Waals surface area contributed by atoms with E-state index in [0.29, 0.717) is 0 Å². The molecule has 9 heteroatoms. The summed E-state index contributed by atoms with van der Waals surface area (Å²) in [5.41, 5.74) is 5.35. The zero-order chi connectivity index (χ0) is 38.1. The van der Waals surface area contributed by atoms with Gasteiger partial charge in [0.15, 0.2) is 6.10 Å². The van der Waals surface area contributed by atoms with Crippen LogP contribution in [0.3, 0.4) is 0 Å². The predicted octanol–water partition coefficient (Wildman–Crippen LogP) is 12.3. The summed E-state index contributed by atoms with van der Waals surface area (Å²) < 4.78 is 33.1. The molecular weight excluding hydrogens is 673 g/mol. The Labute approximate surface area is 318 Å². The van der Waals surface area contributed by atoms with E-state index in [9.17, 15) is 14.3 Å².